The second kappa shape index (κ2) is 17.1. The lowest BCUT2D eigenvalue weighted by molar-refractivity contribution is 0.287. The van der Waals surface area contributed by atoms with E-state index >= 15 is 0 Å². The Morgan fingerprint density at radius 2 is 1.50 bits per heavy atom. The molecule has 3 N–H and O–H groups in total. The maximum absolute atomic E-state index is 8.07. The Bertz CT molecular complexity index is 51.8. The second-order valence-corrected chi connectivity index (χ2v) is 2.93. The molecule has 0 bridgehead atoms. The topological polar surface area (TPSA) is 46.2 Å². The van der Waals surface area contributed by atoms with Crippen molar-refractivity contribution in [1.29, 1.82) is 0 Å². The third kappa shape index (κ3) is 22.5. The number of hydrogen-bond donors (Lipinski definition) is 2. The fraction of sp³-hybridized carbons (Fsp3) is 1.00. The molecule has 0 aromatic rings. The minimum atomic E-state index is 0.344. The normalized spacial score (nSPS) is 9.00. The van der Waals surface area contributed by atoms with Gasteiger partial charge in [-0.05, 0) is 19.4 Å². The zero-order chi connectivity index (χ0) is 9.66. The lowest BCUT2D eigenvalue weighted by atomic mass is 10.2. The summed E-state index contributed by atoms with van der Waals surface area (Å²) in [7, 11) is 0. The third-order valence-corrected chi connectivity index (χ3v) is 1.57. The van der Waals surface area contributed by atoms with E-state index in [0.29, 0.717) is 6.61 Å². The first-order valence-corrected chi connectivity index (χ1v) is 5.14. The number of rotatable bonds is 6. The van der Waals surface area contributed by atoms with E-state index in [1.54, 1.807) is 0 Å². The van der Waals surface area contributed by atoms with Crippen molar-refractivity contribution in [2.75, 3.05) is 13.2 Å². The van der Waals surface area contributed by atoms with Crippen LogP contribution in [0.15, 0.2) is 0 Å². The summed E-state index contributed by atoms with van der Waals surface area (Å²) in [5.41, 5.74) is 5.27. The first-order chi connectivity index (χ1) is 5.83. The Labute approximate surface area is 77.2 Å². The smallest absolute Gasteiger partial charge is 0.0430 e. The van der Waals surface area contributed by atoms with Crippen molar-refractivity contribution in [1.82, 2.24) is 0 Å². The summed E-state index contributed by atoms with van der Waals surface area (Å²) in [4.78, 5) is 0. The third-order valence-electron chi connectivity index (χ3n) is 1.57. The van der Waals surface area contributed by atoms with Gasteiger partial charge in [0.2, 0.25) is 0 Å². The fourth-order valence-corrected chi connectivity index (χ4v) is 0.729. The van der Waals surface area contributed by atoms with Gasteiger partial charge in [-0.25, -0.2) is 0 Å². The molecule has 0 fully saturated rings. The minimum absolute atomic E-state index is 0.344. The molecule has 76 valence electrons. The van der Waals surface area contributed by atoms with Crippen LogP contribution in [-0.4, -0.2) is 18.3 Å². The number of aliphatic hydroxyl groups is 1. The Morgan fingerprint density at radius 1 is 0.917 bits per heavy atom. The molecule has 0 atom stereocenters. The van der Waals surface area contributed by atoms with E-state index < -0.39 is 0 Å². The van der Waals surface area contributed by atoms with Gasteiger partial charge in [0.15, 0.2) is 0 Å². The average Bonchev–Trinajstić information content (AvgIpc) is 2.08. The number of aliphatic hydroxyl groups excluding tert-OH is 1. The highest BCUT2D eigenvalue weighted by atomic mass is 16.2. The molecule has 0 aliphatic heterocycles. The molecule has 0 aromatic carbocycles. The molecule has 0 saturated heterocycles. The van der Waals surface area contributed by atoms with E-state index in [9.17, 15) is 0 Å². The van der Waals surface area contributed by atoms with Crippen LogP contribution in [0.4, 0.5) is 0 Å². The highest BCUT2D eigenvalue weighted by Gasteiger charge is 1.80. The molecule has 0 rings (SSSR count). The summed E-state index contributed by atoms with van der Waals surface area (Å²) in [6, 6.07) is 0. The summed E-state index contributed by atoms with van der Waals surface area (Å²) >= 11 is 0. The first-order valence-electron chi connectivity index (χ1n) is 5.14. The van der Waals surface area contributed by atoms with Crippen LogP contribution in [0.3, 0.4) is 0 Å². The van der Waals surface area contributed by atoms with Crippen molar-refractivity contribution < 1.29 is 5.11 Å². The van der Waals surface area contributed by atoms with Crippen molar-refractivity contribution in [3.63, 3.8) is 0 Å². The predicted molar refractivity (Wildman–Crippen MR) is 55.2 cm³/mol. The van der Waals surface area contributed by atoms with E-state index in [2.05, 4.69) is 13.8 Å². The summed E-state index contributed by atoms with van der Waals surface area (Å²) in [6.45, 7) is 5.46. The summed E-state index contributed by atoms with van der Waals surface area (Å²) in [5, 5.41) is 8.07. The van der Waals surface area contributed by atoms with Gasteiger partial charge in [-0.3, -0.25) is 0 Å². The number of nitrogens with two attached hydrogens (primary N) is 1. The summed E-state index contributed by atoms with van der Waals surface area (Å²) < 4.78 is 0. The van der Waals surface area contributed by atoms with Crippen LogP contribution in [0.1, 0.15) is 52.4 Å². The van der Waals surface area contributed by atoms with Gasteiger partial charge in [-0.1, -0.05) is 39.5 Å². The molecule has 2 heteroatoms. The van der Waals surface area contributed by atoms with Gasteiger partial charge in [-0.15, -0.1) is 0 Å². The first kappa shape index (κ1) is 14.4. The van der Waals surface area contributed by atoms with Gasteiger partial charge in [0, 0.05) is 6.61 Å². The highest BCUT2D eigenvalue weighted by molar-refractivity contribution is 4.38. The maximum Gasteiger partial charge on any atom is 0.0430 e. The van der Waals surface area contributed by atoms with E-state index in [1.165, 1.54) is 25.7 Å². The zero-order valence-corrected chi connectivity index (χ0v) is 8.68. The van der Waals surface area contributed by atoms with Crippen LogP contribution in [0.5, 0.6) is 0 Å². The van der Waals surface area contributed by atoms with Gasteiger partial charge in [-0.2, -0.15) is 0 Å². The molecule has 0 aliphatic carbocycles. The van der Waals surface area contributed by atoms with Crippen molar-refractivity contribution in [2.45, 2.75) is 52.4 Å². The lowest BCUT2D eigenvalue weighted by Crippen LogP contribution is -1.97. The molecule has 2 nitrogen and oxygen atoms in total. The quantitative estimate of drug-likeness (QED) is 0.608. The molecule has 0 aliphatic rings. The minimum Gasteiger partial charge on any atom is -0.396 e. The molecule has 0 saturated carbocycles. The predicted octanol–water partition coefficient (Wildman–Crippen LogP) is 2.30. The van der Waals surface area contributed by atoms with Gasteiger partial charge in [0.25, 0.3) is 0 Å². The molecular weight excluding hydrogens is 150 g/mol. The largest absolute Gasteiger partial charge is 0.396 e. The average molecular weight is 175 g/mol. The van der Waals surface area contributed by atoms with Gasteiger partial charge in [0.05, 0.1) is 0 Å². The molecule has 12 heavy (non-hydrogen) atoms. The van der Waals surface area contributed by atoms with E-state index in [0.717, 1.165) is 19.4 Å². The molecule has 0 unspecified atom stereocenters. The van der Waals surface area contributed by atoms with Crippen molar-refractivity contribution in [3.05, 3.63) is 0 Å². The molecule has 0 amide bonds. The maximum atomic E-state index is 8.07. The standard InChI is InChI=1S/C6H15N.C4H10O/c1-2-3-4-5-6-7;1-2-3-4-5/h2-7H2,1H3;5H,2-4H2,1H3. The molecular formula is C10H25NO. The van der Waals surface area contributed by atoms with Gasteiger partial charge in [0.1, 0.15) is 0 Å². The van der Waals surface area contributed by atoms with Crippen molar-refractivity contribution in [3.8, 4) is 0 Å². The number of unbranched alkanes of at least 4 members (excludes halogenated alkanes) is 4. The van der Waals surface area contributed by atoms with Crippen LogP contribution in [0.2, 0.25) is 0 Å². The van der Waals surface area contributed by atoms with Crippen LogP contribution in [0, 0.1) is 0 Å². The van der Waals surface area contributed by atoms with E-state index in [-0.39, 0.29) is 0 Å². The van der Waals surface area contributed by atoms with Crippen molar-refractivity contribution in [2.24, 2.45) is 5.73 Å². The van der Waals surface area contributed by atoms with Crippen LogP contribution in [-0.2, 0) is 0 Å². The second-order valence-electron chi connectivity index (χ2n) is 2.93. The molecule has 0 heterocycles. The van der Waals surface area contributed by atoms with Gasteiger partial charge < -0.3 is 10.8 Å². The number of hydrogen-bond acceptors (Lipinski definition) is 2. The Kier molecular flexibility index (Phi) is 20.6. The van der Waals surface area contributed by atoms with Gasteiger partial charge >= 0.3 is 0 Å². The Morgan fingerprint density at radius 3 is 1.75 bits per heavy atom. The zero-order valence-electron chi connectivity index (χ0n) is 8.68. The highest BCUT2D eigenvalue weighted by Crippen LogP contribution is 1.95. The van der Waals surface area contributed by atoms with E-state index in [4.69, 9.17) is 10.8 Å². The Hall–Kier alpha value is -0.0800. The SMILES string of the molecule is CCCCCCN.CCCCO. The molecule has 0 spiro atoms. The van der Waals surface area contributed by atoms with Crippen LogP contribution in [0.25, 0.3) is 0 Å². The van der Waals surface area contributed by atoms with E-state index in [1.807, 2.05) is 0 Å². The molecule has 0 aromatic heterocycles. The lowest BCUT2D eigenvalue weighted by Gasteiger charge is -1.90. The monoisotopic (exact) mass is 175 g/mol. The van der Waals surface area contributed by atoms with Crippen LogP contribution < -0.4 is 5.73 Å². The summed E-state index contributed by atoms with van der Waals surface area (Å²) in [5.74, 6) is 0. The molecule has 0 radical (unpaired) electrons. The summed E-state index contributed by atoms with van der Waals surface area (Å²) in [6.07, 6.45) is 7.20. The van der Waals surface area contributed by atoms with Crippen molar-refractivity contribution >= 4 is 0 Å². The Balaban J connectivity index is 0. The fourth-order valence-electron chi connectivity index (χ4n) is 0.729. The van der Waals surface area contributed by atoms with Crippen LogP contribution >= 0.6 is 0 Å².